The number of fused-ring (bicyclic) bond motifs is 1. The van der Waals surface area contributed by atoms with Gasteiger partial charge in [0.25, 0.3) is 0 Å². The molecule has 7 rings (SSSR count). The Kier molecular flexibility index (Phi) is 9.75. The summed E-state index contributed by atoms with van der Waals surface area (Å²) in [6.45, 7) is -0.398. The van der Waals surface area contributed by atoms with Gasteiger partial charge in [-0.25, -0.2) is 24.4 Å². The van der Waals surface area contributed by atoms with Crippen molar-refractivity contribution < 1.29 is 33.3 Å². The van der Waals surface area contributed by atoms with E-state index in [1.165, 1.54) is 4.57 Å². The number of anilines is 1. The molecule has 0 bridgehead atoms. The molecule has 0 amide bonds. The van der Waals surface area contributed by atoms with Crippen LogP contribution >= 0.6 is 15.9 Å². The van der Waals surface area contributed by atoms with Crippen molar-refractivity contribution in [1.29, 1.82) is 5.26 Å². The molecule has 4 atom stereocenters. The number of benzene rings is 4. The van der Waals surface area contributed by atoms with Crippen molar-refractivity contribution in [2.75, 3.05) is 12.3 Å². The maximum Gasteiger partial charge on any atom is 0.338 e. The monoisotopic (exact) mass is 757 g/mol. The van der Waals surface area contributed by atoms with Crippen molar-refractivity contribution in [3.05, 3.63) is 148 Å². The van der Waals surface area contributed by atoms with Crippen molar-refractivity contribution in [2.45, 2.75) is 24.5 Å². The smallest absolute Gasteiger partial charge is 0.338 e. The van der Waals surface area contributed by atoms with Crippen molar-refractivity contribution in [3.63, 3.8) is 0 Å². The van der Waals surface area contributed by atoms with Crippen LogP contribution in [0.5, 0.6) is 0 Å². The fourth-order valence-corrected chi connectivity index (χ4v) is 6.57. The van der Waals surface area contributed by atoms with Gasteiger partial charge >= 0.3 is 17.9 Å². The minimum atomic E-state index is -1.37. The molecule has 52 heavy (non-hydrogen) atoms. The molecule has 4 aromatic carbocycles. The van der Waals surface area contributed by atoms with E-state index in [9.17, 15) is 19.6 Å². The van der Waals surface area contributed by atoms with Crippen molar-refractivity contribution in [1.82, 2.24) is 14.5 Å². The summed E-state index contributed by atoms with van der Waals surface area (Å²) in [6, 6.07) is 36.1. The molecule has 3 heterocycles. The topological polar surface area (TPSA) is 169 Å². The lowest BCUT2D eigenvalue weighted by molar-refractivity contribution is -0.0612. The number of halogens is 1. The highest BCUT2D eigenvalue weighted by atomic mass is 79.9. The highest BCUT2D eigenvalue weighted by Gasteiger charge is 2.52. The number of aromatic nitrogens is 3. The van der Waals surface area contributed by atoms with Gasteiger partial charge in [0.15, 0.2) is 29.9 Å². The summed E-state index contributed by atoms with van der Waals surface area (Å²) in [4.78, 5) is 49.7. The molecule has 12 nitrogen and oxygen atoms in total. The molecule has 0 spiro atoms. The van der Waals surface area contributed by atoms with E-state index in [4.69, 9.17) is 29.7 Å². The Hall–Kier alpha value is -6.36. The molecular formula is C39H28BrN5O7. The first kappa shape index (κ1) is 34.1. The number of nitriles is 1. The number of hydrogen-bond acceptors (Lipinski definition) is 11. The average Bonchev–Trinajstić information content (AvgIpc) is 3.66. The first-order valence-electron chi connectivity index (χ1n) is 16.1. The fourth-order valence-electron chi connectivity index (χ4n) is 5.91. The summed E-state index contributed by atoms with van der Waals surface area (Å²) < 4.78 is 26.1. The highest BCUT2D eigenvalue weighted by molar-refractivity contribution is 9.10. The maximum absolute atomic E-state index is 13.7. The molecular weight excluding hydrogens is 730 g/mol. The van der Waals surface area contributed by atoms with Gasteiger partial charge in [-0.1, -0.05) is 84.9 Å². The Labute approximate surface area is 305 Å². The van der Waals surface area contributed by atoms with E-state index in [0.717, 1.165) is 0 Å². The van der Waals surface area contributed by atoms with Crippen LogP contribution in [0.25, 0.3) is 22.4 Å². The molecule has 0 aliphatic carbocycles. The third-order valence-electron chi connectivity index (χ3n) is 8.39. The van der Waals surface area contributed by atoms with Gasteiger partial charge < -0.3 is 24.7 Å². The summed E-state index contributed by atoms with van der Waals surface area (Å²) in [6.07, 6.45) is -5.15. The molecule has 1 fully saturated rings. The van der Waals surface area contributed by atoms with Crippen LogP contribution in [-0.2, 0) is 18.9 Å². The van der Waals surface area contributed by atoms with E-state index < -0.39 is 49.1 Å². The zero-order valence-corrected chi connectivity index (χ0v) is 28.8. The van der Waals surface area contributed by atoms with Gasteiger partial charge in [-0.15, -0.1) is 0 Å². The third kappa shape index (κ3) is 6.72. The van der Waals surface area contributed by atoms with E-state index in [1.807, 2.05) is 18.2 Å². The van der Waals surface area contributed by atoms with E-state index in [1.54, 1.807) is 103 Å². The number of esters is 3. The maximum atomic E-state index is 13.7. The first-order valence-corrected chi connectivity index (χ1v) is 16.9. The molecule has 13 heteroatoms. The second kappa shape index (κ2) is 14.9. The SMILES string of the molecule is N#Cc1c(Br)n([C@@H]2O[C@H](COC(=O)c3ccccc3)[C@@H](OC(=O)c3ccccc3)[C@H]2OC(=O)c2ccccc2)c2nc(-c3ccccc3)nc(N)c12. The lowest BCUT2D eigenvalue weighted by Gasteiger charge is -2.25. The number of nitrogens with zero attached hydrogens (tertiary/aromatic N) is 4. The van der Waals surface area contributed by atoms with Gasteiger partial charge in [0.1, 0.15) is 29.2 Å². The summed E-state index contributed by atoms with van der Waals surface area (Å²) in [5.41, 5.74) is 8.14. The zero-order valence-electron chi connectivity index (χ0n) is 27.2. The van der Waals surface area contributed by atoms with Crippen molar-refractivity contribution in [3.8, 4) is 17.5 Å². The van der Waals surface area contributed by atoms with Gasteiger partial charge in [0.05, 0.1) is 27.6 Å². The van der Waals surface area contributed by atoms with E-state index in [0.29, 0.717) is 11.1 Å². The lowest BCUT2D eigenvalue weighted by atomic mass is 10.1. The molecule has 1 aliphatic rings. The average molecular weight is 759 g/mol. The normalized spacial score (nSPS) is 18.0. The minimum absolute atomic E-state index is 0.0241. The Morgan fingerprint density at radius 1 is 0.750 bits per heavy atom. The largest absolute Gasteiger partial charge is 0.459 e. The van der Waals surface area contributed by atoms with Crippen molar-refractivity contribution >= 4 is 50.7 Å². The standard InChI is InChI=1S/C39H28BrN5O7/c40-32-27(21-41)29-33(42)43-34(23-13-5-1-6-14-23)44-35(29)45(32)36-31(52-39(48)26-19-11-4-12-20-26)30(51-38(47)25-17-9-3-10-18-25)28(50-36)22-49-37(46)24-15-7-2-8-16-24/h1-20,28,30-31,36H,22H2,(H2,42,43,44)/t28-,30-,31-,36-/m1/s1. The van der Waals surface area contributed by atoms with Crippen LogP contribution in [0.4, 0.5) is 5.82 Å². The number of carbonyl (C=O) groups is 3. The number of ether oxygens (including phenoxy) is 4. The van der Waals surface area contributed by atoms with Crippen LogP contribution in [0.1, 0.15) is 42.9 Å². The van der Waals surface area contributed by atoms with Crippen LogP contribution in [-0.4, -0.2) is 57.4 Å². The van der Waals surface area contributed by atoms with Gasteiger partial charge in [-0.05, 0) is 52.3 Å². The fraction of sp³-hybridized carbons (Fsp3) is 0.128. The Balaban J connectivity index is 1.36. The minimum Gasteiger partial charge on any atom is -0.459 e. The van der Waals surface area contributed by atoms with Gasteiger partial charge in [0.2, 0.25) is 0 Å². The van der Waals surface area contributed by atoms with E-state index in [2.05, 4.69) is 27.0 Å². The highest BCUT2D eigenvalue weighted by Crippen LogP contribution is 2.42. The number of hydrogen-bond donors (Lipinski definition) is 1. The summed E-state index contributed by atoms with van der Waals surface area (Å²) in [5, 5.41) is 10.5. The van der Waals surface area contributed by atoms with Gasteiger partial charge in [0, 0.05) is 5.56 Å². The Bertz CT molecular complexity index is 2300. The van der Waals surface area contributed by atoms with Crippen LogP contribution in [0.15, 0.2) is 126 Å². The third-order valence-corrected chi connectivity index (χ3v) is 9.17. The van der Waals surface area contributed by atoms with Crippen LogP contribution in [0.3, 0.4) is 0 Å². The quantitative estimate of drug-likeness (QED) is 0.126. The van der Waals surface area contributed by atoms with Crippen LogP contribution in [0.2, 0.25) is 0 Å². The molecule has 2 N–H and O–H groups in total. The molecule has 0 radical (unpaired) electrons. The molecule has 1 aliphatic heterocycles. The molecule has 1 saturated heterocycles. The molecule has 2 aromatic heterocycles. The van der Waals surface area contributed by atoms with Gasteiger partial charge in [-0.2, -0.15) is 5.26 Å². The predicted molar refractivity (Wildman–Crippen MR) is 192 cm³/mol. The zero-order chi connectivity index (χ0) is 36.2. The number of nitrogen functional groups attached to an aromatic ring is 1. The second-order valence-electron chi connectivity index (χ2n) is 11.6. The molecule has 0 unspecified atom stereocenters. The molecule has 258 valence electrons. The van der Waals surface area contributed by atoms with Crippen LogP contribution < -0.4 is 5.73 Å². The number of carbonyl (C=O) groups excluding carboxylic acids is 3. The second-order valence-corrected chi connectivity index (χ2v) is 12.4. The summed E-state index contributed by atoms with van der Waals surface area (Å²) >= 11 is 3.54. The lowest BCUT2D eigenvalue weighted by Crippen LogP contribution is -2.41. The first-order chi connectivity index (χ1) is 25.3. The summed E-state index contributed by atoms with van der Waals surface area (Å²) in [5.74, 6) is -1.84. The Morgan fingerprint density at radius 2 is 1.25 bits per heavy atom. The molecule has 0 saturated carbocycles. The number of nitrogens with two attached hydrogens (primary N) is 1. The molecule has 6 aromatic rings. The van der Waals surface area contributed by atoms with Crippen molar-refractivity contribution in [2.24, 2.45) is 0 Å². The van der Waals surface area contributed by atoms with Gasteiger partial charge in [-0.3, -0.25) is 4.57 Å². The summed E-state index contributed by atoms with van der Waals surface area (Å²) in [7, 11) is 0. The number of rotatable bonds is 9. The van der Waals surface area contributed by atoms with E-state index >= 15 is 0 Å². The van der Waals surface area contributed by atoms with E-state index in [-0.39, 0.29) is 44.0 Å². The van der Waals surface area contributed by atoms with Crippen LogP contribution in [0, 0.1) is 11.3 Å². The Morgan fingerprint density at radius 3 is 1.79 bits per heavy atom. The predicted octanol–water partition coefficient (Wildman–Crippen LogP) is 6.52.